The largest absolute Gasteiger partial charge is 0.412 e. The van der Waals surface area contributed by atoms with Gasteiger partial charge in [-0.25, -0.2) is 0 Å². The second-order valence-corrected chi connectivity index (χ2v) is 6.43. The van der Waals surface area contributed by atoms with Gasteiger partial charge in [-0.3, -0.25) is 4.55 Å². The van der Waals surface area contributed by atoms with Crippen molar-refractivity contribution >= 4 is 17.9 Å². The minimum atomic E-state index is -4.02. The lowest BCUT2D eigenvalue weighted by molar-refractivity contribution is 0.483. The molecule has 0 aliphatic heterocycles. The van der Waals surface area contributed by atoms with Gasteiger partial charge in [-0.05, 0) is 32.4 Å². The van der Waals surface area contributed by atoms with E-state index < -0.39 is 17.9 Å². The molecule has 0 saturated heterocycles. The topological polar surface area (TPSA) is 103 Å². The molecule has 0 saturated carbocycles. The average molecular weight is 268 g/mol. The molecular weight excluding hydrogens is 251 g/mol. The van der Waals surface area contributed by atoms with E-state index in [1.165, 1.54) is 12.1 Å². The van der Waals surface area contributed by atoms with Crippen LogP contribution in [0.5, 0.6) is 0 Å². The standard InChI is InChI=1S/C7H8O3S.C2H7OP.H2O/c1-6-2-4-7(5-3-6)11(8,9)10;1-4(2)3;/h2-5H,1H3,(H,8,9,10);4H,1-2H3;1H2. The Bertz CT molecular complexity index is 420. The van der Waals surface area contributed by atoms with Crippen LogP contribution in [0.3, 0.4) is 0 Å². The zero-order valence-corrected chi connectivity index (χ0v) is 11.2. The van der Waals surface area contributed by atoms with Crippen LogP contribution < -0.4 is 0 Å². The molecule has 1 aromatic carbocycles. The Morgan fingerprint density at radius 1 is 1.12 bits per heavy atom. The normalized spacial score (nSPS) is 10.1. The summed E-state index contributed by atoms with van der Waals surface area (Å²) in [6.07, 6.45) is 0. The van der Waals surface area contributed by atoms with Gasteiger partial charge in [0, 0.05) is 0 Å². The first-order chi connectivity index (χ1) is 6.73. The van der Waals surface area contributed by atoms with Gasteiger partial charge >= 0.3 is 0 Å². The Morgan fingerprint density at radius 3 is 1.69 bits per heavy atom. The molecule has 0 bridgehead atoms. The lowest BCUT2D eigenvalue weighted by Gasteiger charge is -1.95. The highest BCUT2D eigenvalue weighted by atomic mass is 32.2. The van der Waals surface area contributed by atoms with Crippen molar-refractivity contribution in [1.29, 1.82) is 0 Å². The molecule has 0 spiro atoms. The number of hydrogen-bond acceptors (Lipinski definition) is 3. The first-order valence-electron chi connectivity index (χ1n) is 4.25. The molecule has 0 radical (unpaired) electrons. The SMILES string of the molecule is C[PH](C)=O.Cc1ccc(S(=O)(=O)O)cc1.O. The molecule has 0 unspecified atom stereocenters. The number of aryl methyl sites for hydroxylation is 1. The van der Waals surface area contributed by atoms with Crippen LogP contribution in [0.15, 0.2) is 29.2 Å². The quantitative estimate of drug-likeness (QED) is 0.611. The molecule has 0 aliphatic rings. The minimum Gasteiger partial charge on any atom is -0.412 e. The van der Waals surface area contributed by atoms with Crippen LogP contribution in [0.1, 0.15) is 5.56 Å². The van der Waals surface area contributed by atoms with Gasteiger partial charge in [-0.1, -0.05) is 17.7 Å². The van der Waals surface area contributed by atoms with Gasteiger partial charge in [-0.2, -0.15) is 8.42 Å². The van der Waals surface area contributed by atoms with E-state index in [0.717, 1.165) is 5.56 Å². The number of rotatable bonds is 1. The molecule has 0 aliphatic carbocycles. The fraction of sp³-hybridized carbons (Fsp3) is 0.333. The Kier molecular flexibility index (Phi) is 8.38. The van der Waals surface area contributed by atoms with Gasteiger partial charge in [0.2, 0.25) is 0 Å². The van der Waals surface area contributed by atoms with Crippen LogP contribution in [0.4, 0.5) is 0 Å². The predicted molar refractivity (Wildman–Crippen MR) is 65.5 cm³/mol. The van der Waals surface area contributed by atoms with E-state index in [-0.39, 0.29) is 10.4 Å². The van der Waals surface area contributed by atoms with E-state index in [2.05, 4.69) is 0 Å². The summed E-state index contributed by atoms with van der Waals surface area (Å²) in [7, 11) is -5.15. The molecule has 0 heterocycles. The zero-order valence-electron chi connectivity index (χ0n) is 9.39. The molecule has 5 nitrogen and oxygen atoms in total. The van der Waals surface area contributed by atoms with Crippen molar-refractivity contribution < 1.29 is 23.0 Å². The van der Waals surface area contributed by atoms with Crippen LogP contribution in [-0.2, 0) is 14.7 Å². The van der Waals surface area contributed by atoms with Crippen LogP contribution in [-0.4, -0.2) is 31.8 Å². The molecule has 1 aromatic rings. The van der Waals surface area contributed by atoms with E-state index >= 15 is 0 Å². The summed E-state index contributed by atoms with van der Waals surface area (Å²) in [5.74, 6) is 0. The minimum absolute atomic E-state index is 0. The summed E-state index contributed by atoms with van der Waals surface area (Å²) in [6, 6.07) is 5.99. The Labute approximate surface area is 96.3 Å². The lowest BCUT2D eigenvalue weighted by atomic mass is 10.2. The maximum absolute atomic E-state index is 10.5. The summed E-state index contributed by atoms with van der Waals surface area (Å²) in [5, 5.41) is 0. The second kappa shape index (κ2) is 7.57. The van der Waals surface area contributed by atoms with E-state index in [0.29, 0.717) is 0 Å². The van der Waals surface area contributed by atoms with Gasteiger partial charge < -0.3 is 10.0 Å². The molecule has 0 fully saturated rings. The lowest BCUT2D eigenvalue weighted by Crippen LogP contribution is -1.96. The van der Waals surface area contributed by atoms with Crippen molar-refractivity contribution in [1.82, 2.24) is 0 Å². The Hall–Kier alpha value is -0.680. The highest BCUT2D eigenvalue weighted by Gasteiger charge is 2.06. The number of benzene rings is 1. The summed E-state index contributed by atoms with van der Waals surface area (Å²) >= 11 is 0. The first-order valence-corrected chi connectivity index (χ1v) is 8.09. The number of hydrogen-bond donors (Lipinski definition) is 1. The van der Waals surface area contributed by atoms with Crippen molar-refractivity contribution in [2.24, 2.45) is 0 Å². The third-order valence-electron chi connectivity index (χ3n) is 1.32. The fourth-order valence-electron chi connectivity index (χ4n) is 0.710. The molecule has 16 heavy (non-hydrogen) atoms. The van der Waals surface area contributed by atoms with Crippen molar-refractivity contribution in [2.45, 2.75) is 11.8 Å². The van der Waals surface area contributed by atoms with Crippen LogP contribution in [0.25, 0.3) is 0 Å². The summed E-state index contributed by atoms with van der Waals surface area (Å²) in [6.45, 7) is 5.27. The van der Waals surface area contributed by atoms with E-state index in [1.54, 1.807) is 25.5 Å². The third kappa shape index (κ3) is 8.61. The summed E-state index contributed by atoms with van der Waals surface area (Å²) in [4.78, 5) is -0.0666. The molecular formula is C9H17O5PS. The summed E-state index contributed by atoms with van der Waals surface area (Å²) < 4.78 is 39.2. The van der Waals surface area contributed by atoms with Crippen molar-refractivity contribution in [3.05, 3.63) is 29.8 Å². The molecule has 0 amide bonds. The average Bonchev–Trinajstić information content (AvgIpc) is 2.01. The van der Waals surface area contributed by atoms with Crippen LogP contribution in [0.2, 0.25) is 0 Å². The van der Waals surface area contributed by atoms with E-state index in [9.17, 15) is 13.0 Å². The van der Waals surface area contributed by atoms with Gasteiger partial charge in [0.05, 0.1) is 12.7 Å². The Morgan fingerprint density at radius 2 is 1.44 bits per heavy atom. The van der Waals surface area contributed by atoms with Gasteiger partial charge in [0.15, 0.2) is 0 Å². The maximum Gasteiger partial charge on any atom is 0.294 e. The first kappa shape index (κ1) is 17.7. The second-order valence-electron chi connectivity index (χ2n) is 3.20. The van der Waals surface area contributed by atoms with Gasteiger partial charge in [-0.15, -0.1) is 0 Å². The van der Waals surface area contributed by atoms with E-state index in [1.807, 2.05) is 6.92 Å². The molecule has 3 N–H and O–H groups in total. The van der Waals surface area contributed by atoms with Crippen molar-refractivity contribution in [2.75, 3.05) is 13.3 Å². The summed E-state index contributed by atoms with van der Waals surface area (Å²) in [5.41, 5.74) is 0.956. The van der Waals surface area contributed by atoms with Gasteiger partial charge in [0.1, 0.15) is 0 Å². The maximum atomic E-state index is 10.5. The monoisotopic (exact) mass is 268 g/mol. The molecule has 0 aromatic heterocycles. The van der Waals surface area contributed by atoms with E-state index in [4.69, 9.17) is 4.55 Å². The third-order valence-corrected chi connectivity index (χ3v) is 2.19. The highest BCUT2D eigenvalue weighted by Crippen LogP contribution is 2.08. The molecule has 94 valence electrons. The fourth-order valence-corrected chi connectivity index (χ4v) is 1.19. The Balaban J connectivity index is 0. The highest BCUT2D eigenvalue weighted by molar-refractivity contribution is 7.85. The van der Waals surface area contributed by atoms with Gasteiger partial charge in [0.25, 0.3) is 10.1 Å². The van der Waals surface area contributed by atoms with Crippen molar-refractivity contribution in [3.63, 3.8) is 0 Å². The van der Waals surface area contributed by atoms with Crippen LogP contribution in [0, 0.1) is 6.92 Å². The zero-order chi connectivity index (χ0) is 12.1. The van der Waals surface area contributed by atoms with Crippen LogP contribution >= 0.6 is 7.80 Å². The molecule has 1 rings (SSSR count). The molecule has 0 atom stereocenters. The molecule has 7 heteroatoms. The van der Waals surface area contributed by atoms with Crippen molar-refractivity contribution in [3.8, 4) is 0 Å². The predicted octanol–water partition coefficient (Wildman–Crippen LogP) is 1.22. The smallest absolute Gasteiger partial charge is 0.294 e.